The van der Waals surface area contributed by atoms with Crippen LogP contribution in [0.4, 0.5) is 5.82 Å². The van der Waals surface area contributed by atoms with Crippen LogP contribution in [0.5, 0.6) is 0 Å². The standard InChI is InChI=1S/C25H33N7O2/c1-30-12-14-31(15-13-30)25(34)19-9-7-18(8-10-19)22-28-23(26-11-16-33)21-24(29-22)32(17-27-21)20-5-3-2-4-6-20/h7-10,17,20,33H,2-6,11-16H2,1H3,(H,26,28,29). The SMILES string of the molecule is CN1CCN(C(=O)c2ccc(-c3nc(NCCO)c4ncn(C5CCCCC5)c4n3)cc2)CC1. The minimum absolute atomic E-state index is 0.00721. The molecule has 3 aromatic rings. The van der Waals surface area contributed by atoms with Crippen LogP contribution in [0, 0.1) is 0 Å². The number of rotatable bonds is 6. The van der Waals surface area contributed by atoms with Crippen LogP contribution >= 0.6 is 0 Å². The van der Waals surface area contributed by atoms with Crippen molar-refractivity contribution in [3.63, 3.8) is 0 Å². The Morgan fingerprint density at radius 3 is 2.50 bits per heavy atom. The zero-order chi connectivity index (χ0) is 23.5. The van der Waals surface area contributed by atoms with Gasteiger partial charge in [0.05, 0.1) is 12.9 Å². The lowest BCUT2D eigenvalue weighted by atomic mass is 9.95. The van der Waals surface area contributed by atoms with Gasteiger partial charge in [-0.15, -0.1) is 0 Å². The molecule has 1 aliphatic carbocycles. The van der Waals surface area contributed by atoms with E-state index >= 15 is 0 Å². The number of nitrogens with zero attached hydrogens (tertiary/aromatic N) is 6. The van der Waals surface area contributed by atoms with Crippen molar-refractivity contribution in [2.45, 2.75) is 38.1 Å². The number of carbonyl (C=O) groups is 1. The predicted molar refractivity (Wildman–Crippen MR) is 132 cm³/mol. The molecule has 5 rings (SSSR count). The minimum Gasteiger partial charge on any atom is -0.395 e. The summed E-state index contributed by atoms with van der Waals surface area (Å²) in [5, 5.41) is 12.5. The smallest absolute Gasteiger partial charge is 0.253 e. The van der Waals surface area contributed by atoms with Crippen molar-refractivity contribution in [3.05, 3.63) is 36.2 Å². The second kappa shape index (κ2) is 10.1. The third-order valence-corrected chi connectivity index (χ3v) is 6.97. The Balaban J connectivity index is 1.45. The quantitative estimate of drug-likeness (QED) is 0.580. The van der Waals surface area contributed by atoms with Crippen LogP contribution in [0.3, 0.4) is 0 Å². The Morgan fingerprint density at radius 2 is 1.79 bits per heavy atom. The first-order valence-electron chi connectivity index (χ1n) is 12.3. The molecule has 1 saturated heterocycles. The maximum atomic E-state index is 12.9. The molecule has 1 aliphatic heterocycles. The average molecular weight is 464 g/mol. The number of anilines is 1. The molecule has 0 spiro atoms. The molecule has 34 heavy (non-hydrogen) atoms. The zero-order valence-corrected chi connectivity index (χ0v) is 19.8. The van der Waals surface area contributed by atoms with E-state index in [2.05, 4.69) is 26.8 Å². The number of imidazole rings is 1. The molecule has 0 unspecified atom stereocenters. The van der Waals surface area contributed by atoms with Gasteiger partial charge in [-0.2, -0.15) is 0 Å². The number of carbonyl (C=O) groups excluding carboxylic acids is 1. The third kappa shape index (κ3) is 4.63. The van der Waals surface area contributed by atoms with E-state index in [9.17, 15) is 9.90 Å². The minimum atomic E-state index is 0.00721. The number of hydrogen-bond donors (Lipinski definition) is 2. The summed E-state index contributed by atoms with van der Waals surface area (Å²) in [5.74, 6) is 1.28. The number of benzene rings is 1. The first-order valence-corrected chi connectivity index (χ1v) is 12.3. The van der Waals surface area contributed by atoms with Crippen molar-refractivity contribution in [1.82, 2.24) is 29.3 Å². The van der Waals surface area contributed by atoms with Crippen molar-refractivity contribution in [1.29, 1.82) is 0 Å². The van der Waals surface area contributed by atoms with Gasteiger partial charge >= 0.3 is 0 Å². The second-order valence-electron chi connectivity index (χ2n) is 9.33. The van der Waals surface area contributed by atoms with Gasteiger partial charge in [-0.25, -0.2) is 15.0 Å². The van der Waals surface area contributed by atoms with Crippen molar-refractivity contribution >= 4 is 22.9 Å². The number of nitrogens with one attached hydrogen (secondary N) is 1. The molecule has 2 N–H and O–H groups in total. The molecule has 0 bridgehead atoms. The number of hydrogen-bond acceptors (Lipinski definition) is 7. The van der Waals surface area contributed by atoms with Gasteiger partial charge in [0.1, 0.15) is 5.52 Å². The van der Waals surface area contributed by atoms with Crippen LogP contribution < -0.4 is 5.32 Å². The molecule has 1 amide bonds. The molecule has 2 aromatic heterocycles. The molecule has 2 fully saturated rings. The molecular formula is C25H33N7O2. The van der Waals surface area contributed by atoms with Gasteiger partial charge in [-0.05, 0) is 32.0 Å². The highest BCUT2D eigenvalue weighted by Crippen LogP contribution is 2.32. The van der Waals surface area contributed by atoms with Gasteiger partial charge in [0.15, 0.2) is 17.3 Å². The number of aliphatic hydroxyl groups is 1. The molecule has 180 valence electrons. The Hall–Kier alpha value is -3.04. The lowest BCUT2D eigenvalue weighted by molar-refractivity contribution is 0.0664. The summed E-state index contributed by atoms with van der Waals surface area (Å²) in [5.41, 5.74) is 3.07. The second-order valence-corrected chi connectivity index (χ2v) is 9.33. The highest BCUT2D eigenvalue weighted by molar-refractivity contribution is 5.95. The largest absolute Gasteiger partial charge is 0.395 e. The number of fused-ring (bicyclic) bond motifs is 1. The predicted octanol–water partition coefficient (Wildman–Crippen LogP) is 2.79. The number of piperazine rings is 1. The van der Waals surface area contributed by atoms with Gasteiger partial charge < -0.3 is 24.8 Å². The fraction of sp³-hybridized carbons (Fsp3) is 0.520. The summed E-state index contributed by atoms with van der Waals surface area (Å²) in [4.78, 5) is 31.3. The third-order valence-electron chi connectivity index (χ3n) is 6.97. The van der Waals surface area contributed by atoms with Crippen LogP contribution in [-0.2, 0) is 0 Å². The van der Waals surface area contributed by atoms with Crippen molar-refractivity contribution < 1.29 is 9.90 Å². The van der Waals surface area contributed by atoms with E-state index in [4.69, 9.17) is 9.97 Å². The number of aliphatic hydroxyl groups excluding tert-OH is 1. The van der Waals surface area contributed by atoms with E-state index in [1.165, 1.54) is 19.3 Å². The molecular weight excluding hydrogens is 430 g/mol. The summed E-state index contributed by atoms with van der Waals surface area (Å²) in [6, 6.07) is 7.96. The van der Waals surface area contributed by atoms with E-state index in [1.807, 2.05) is 35.5 Å². The summed E-state index contributed by atoms with van der Waals surface area (Å²) < 4.78 is 2.19. The van der Waals surface area contributed by atoms with E-state index in [0.29, 0.717) is 29.8 Å². The van der Waals surface area contributed by atoms with Crippen LogP contribution in [0.2, 0.25) is 0 Å². The maximum Gasteiger partial charge on any atom is 0.253 e. The van der Waals surface area contributed by atoms with Crippen molar-refractivity contribution in [2.75, 3.05) is 51.7 Å². The Kier molecular flexibility index (Phi) is 6.73. The summed E-state index contributed by atoms with van der Waals surface area (Å²) in [6.45, 7) is 3.70. The normalized spacial score (nSPS) is 17.9. The van der Waals surface area contributed by atoms with Gasteiger partial charge in [-0.1, -0.05) is 31.4 Å². The molecule has 9 nitrogen and oxygen atoms in total. The van der Waals surface area contributed by atoms with Crippen molar-refractivity contribution in [3.8, 4) is 11.4 Å². The van der Waals surface area contributed by atoms with Crippen LogP contribution in [0.1, 0.15) is 48.5 Å². The van der Waals surface area contributed by atoms with Crippen LogP contribution in [0.25, 0.3) is 22.6 Å². The van der Waals surface area contributed by atoms with Gasteiger partial charge in [0.25, 0.3) is 5.91 Å². The van der Waals surface area contributed by atoms with E-state index in [-0.39, 0.29) is 12.5 Å². The summed E-state index contributed by atoms with van der Waals surface area (Å²) >= 11 is 0. The van der Waals surface area contributed by atoms with Crippen molar-refractivity contribution in [2.24, 2.45) is 0 Å². The zero-order valence-electron chi connectivity index (χ0n) is 19.8. The van der Waals surface area contributed by atoms with Crippen LogP contribution in [-0.4, -0.2) is 86.7 Å². The summed E-state index contributed by atoms with van der Waals surface area (Å²) in [7, 11) is 2.08. The molecule has 9 heteroatoms. The molecule has 0 atom stereocenters. The average Bonchev–Trinajstić information content (AvgIpc) is 3.32. The number of likely N-dealkylation sites (N-methyl/N-ethyl adjacent to an activating group) is 1. The Labute approximate surface area is 199 Å². The van der Waals surface area contributed by atoms with Gasteiger partial charge in [0.2, 0.25) is 0 Å². The fourth-order valence-electron chi connectivity index (χ4n) is 4.92. The van der Waals surface area contributed by atoms with Crippen LogP contribution in [0.15, 0.2) is 30.6 Å². The maximum absolute atomic E-state index is 12.9. The fourth-order valence-corrected chi connectivity index (χ4v) is 4.92. The molecule has 0 radical (unpaired) electrons. The Bertz CT molecular complexity index is 1130. The first-order chi connectivity index (χ1) is 16.6. The van der Waals surface area contributed by atoms with Gasteiger partial charge in [0, 0.05) is 49.9 Å². The topological polar surface area (TPSA) is 99.4 Å². The summed E-state index contributed by atoms with van der Waals surface area (Å²) in [6.07, 6.45) is 7.87. The number of amides is 1. The molecule has 1 saturated carbocycles. The lowest BCUT2D eigenvalue weighted by Gasteiger charge is -2.32. The monoisotopic (exact) mass is 463 g/mol. The van der Waals surface area contributed by atoms with E-state index < -0.39 is 0 Å². The first kappa shape index (κ1) is 22.7. The Morgan fingerprint density at radius 1 is 1.06 bits per heavy atom. The number of aromatic nitrogens is 4. The molecule has 3 heterocycles. The lowest BCUT2D eigenvalue weighted by Crippen LogP contribution is -2.47. The highest BCUT2D eigenvalue weighted by Gasteiger charge is 2.22. The van der Waals surface area contributed by atoms with Gasteiger partial charge in [-0.3, -0.25) is 4.79 Å². The molecule has 1 aromatic carbocycles. The highest BCUT2D eigenvalue weighted by atomic mass is 16.3. The molecule has 2 aliphatic rings. The van der Waals surface area contributed by atoms with E-state index in [0.717, 1.165) is 55.7 Å². The van der Waals surface area contributed by atoms with E-state index in [1.54, 1.807) is 0 Å².